The number of hydrogen-bond donors (Lipinski definition) is 1. The van der Waals surface area contributed by atoms with Gasteiger partial charge in [-0.15, -0.1) is 0 Å². The highest BCUT2D eigenvalue weighted by atomic mass is 16.7. The molecule has 2 aromatic carbocycles. The van der Waals surface area contributed by atoms with Crippen LogP contribution in [0.3, 0.4) is 0 Å². The number of benzene rings is 2. The number of carbonyl (C=O) groups excluding carboxylic acids is 2. The summed E-state index contributed by atoms with van der Waals surface area (Å²) in [5.41, 5.74) is 2.77. The Balaban J connectivity index is 1.26. The number of amides is 2. The first-order valence-corrected chi connectivity index (χ1v) is 10.2. The molecule has 7 nitrogen and oxygen atoms in total. The molecule has 3 heterocycles. The summed E-state index contributed by atoms with van der Waals surface area (Å²) >= 11 is 0. The molecule has 1 atom stereocenters. The van der Waals surface area contributed by atoms with Gasteiger partial charge in [0.05, 0.1) is 5.92 Å². The first-order chi connectivity index (χ1) is 15.7. The second-order valence-electron chi connectivity index (χ2n) is 7.48. The standard InChI is InChI=1S/C25H19N3O4/c29-24-13-18(15-28(24)21-9-10-22-23(14-21)32-16-31-22)25(30)27-20-6-3-4-17(12-20)7-8-19-5-1-2-11-26-19/h1-6,9-12,14,18H,13,15-16H2,(H,27,30)/t18-/m1/s1. The molecule has 0 aliphatic carbocycles. The molecule has 7 heteroatoms. The number of nitrogens with one attached hydrogen (secondary N) is 1. The van der Waals surface area contributed by atoms with Gasteiger partial charge in [0.15, 0.2) is 11.5 Å². The fourth-order valence-corrected chi connectivity index (χ4v) is 3.68. The van der Waals surface area contributed by atoms with Crippen molar-refractivity contribution in [3.05, 3.63) is 78.1 Å². The zero-order valence-corrected chi connectivity index (χ0v) is 17.1. The average molecular weight is 425 g/mol. The molecule has 3 aromatic rings. The van der Waals surface area contributed by atoms with Crippen LogP contribution in [0.15, 0.2) is 66.9 Å². The molecule has 5 rings (SSSR count). The second-order valence-corrected chi connectivity index (χ2v) is 7.48. The third-order valence-corrected chi connectivity index (χ3v) is 5.29. The topological polar surface area (TPSA) is 80.8 Å². The molecular formula is C25H19N3O4. The summed E-state index contributed by atoms with van der Waals surface area (Å²) in [6.45, 7) is 0.479. The Morgan fingerprint density at radius 3 is 2.81 bits per heavy atom. The average Bonchev–Trinajstić information content (AvgIpc) is 3.44. The minimum atomic E-state index is -0.448. The molecule has 0 radical (unpaired) electrons. The van der Waals surface area contributed by atoms with Crippen LogP contribution >= 0.6 is 0 Å². The molecule has 2 aliphatic heterocycles. The Morgan fingerprint density at radius 1 is 1.03 bits per heavy atom. The molecule has 0 bridgehead atoms. The molecule has 0 saturated carbocycles. The molecule has 0 unspecified atom stereocenters. The van der Waals surface area contributed by atoms with E-state index in [-0.39, 0.29) is 25.0 Å². The predicted molar refractivity (Wildman–Crippen MR) is 118 cm³/mol. The van der Waals surface area contributed by atoms with Crippen LogP contribution in [0.25, 0.3) is 0 Å². The lowest BCUT2D eigenvalue weighted by atomic mass is 10.1. The first-order valence-electron chi connectivity index (χ1n) is 10.2. The molecule has 1 aromatic heterocycles. The highest BCUT2D eigenvalue weighted by Crippen LogP contribution is 2.37. The summed E-state index contributed by atoms with van der Waals surface area (Å²) in [4.78, 5) is 31.2. The van der Waals surface area contributed by atoms with Gasteiger partial charge in [-0.1, -0.05) is 18.1 Å². The fourth-order valence-electron chi connectivity index (χ4n) is 3.68. The predicted octanol–water partition coefficient (Wildman–Crippen LogP) is 3.20. The summed E-state index contributed by atoms with van der Waals surface area (Å²) in [6.07, 6.45) is 1.84. The van der Waals surface area contributed by atoms with Gasteiger partial charge in [0.25, 0.3) is 0 Å². The van der Waals surface area contributed by atoms with Gasteiger partial charge in [-0.25, -0.2) is 4.98 Å². The number of aromatic nitrogens is 1. The Kier molecular flexibility index (Phi) is 5.18. The van der Waals surface area contributed by atoms with Crippen molar-refractivity contribution < 1.29 is 19.1 Å². The lowest BCUT2D eigenvalue weighted by molar-refractivity contribution is -0.122. The van der Waals surface area contributed by atoms with Gasteiger partial charge in [-0.2, -0.15) is 0 Å². The van der Waals surface area contributed by atoms with E-state index in [0.717, 1.165) is 5.56 Å². The normalized spacial score (nSPS) is 16.4. The maximum atomic E-state index is 12.8. The van der Waals surface area contributed by atoms with Gasteiger partial charge in [-0.05, 0) is 48.4 Å². The number of carbonyl (C=O) groups is 2. The monoisotopic (exact) mass is 425 g/mol. The summed E-state index contributed by atoms with van der Waals surface area (Å²) in [6, 6.07) is 18.2. The van der Waals surface area contributed by atoms with Crippen LogP contribution in [0.5, 0.6) is 11.5 Å². The molecule has 158 valence electrons. The molecule has 0 spiro atoms. The van der Waals surface area contributed by atoms with Crippen molar-refractivity contribution in [3.8, 4) is 23.3 Å². The lowest BCUT2D eigenvalue weighted by Gasteiger charge is -2.17. The molecule has 1 N–H and O–H groups in total. The van der Waals surface area contributed by atoms with Gasteiger partial charge in [0.2, 0.25) is 18.6 Å². The van der Waals surface area contributed by atoms with Gasteiger partial charge in [0.1, 0.15) is 5.69 Å². The number of hydrogen-bond acceptors (Lipinski definition) is 5. The molecule has 2 aliphatic rings. The molecule has 1 fully saturated rings. The number of nitrogens with zero attached hydrogens (tertiary/aromatic N) is 2. The van der Waals surface area contributed by atoms with Gasteiger partial charge in [-0.3, -0.25) is 9.59 Å². The van der Waals surface area contributed by atoms with Crippen molar-refractivity contribution >= 4 is 23.2 Å². The fraction of sp³-hybridized carbons (Fsp3) is 0.160. The van der Waals surface area contributed by atoms with E-state index in [0.29, 0.717) is 35.1 Å². The molecule has 1 saturated heterocycles. The van der Waals surface area contributed by atoms with E-state index in [1.54, 1.807) is 41.4 Å². The van der Waals surface area contributed by atoms with Crippen LogP contribution < -0.4 is 19.7 Å². The molecular weight excluding hydrogens is 406 g/mol. The highest BCUT2D eigenvalue weighted by molar-refractivity contribution is 6.03. The highest BCUT2D eigenvalue weighted by Gasteiger charge is 2.35. The summed E-state index contributed by atoms with van der Waals surface area (Å²) in [5, 5.41) is 2.91. The van der Waals surface area contributed by atoms with E-state index in [1.807, 2.05) is 30.3 Å². The van der Waals surface area contributed by atoms with Crippen LogP contribution in [0.4, 0.5) is 11.4 Å². The van der Waals surface area contributed by atoms with Crippen LogP contribution in [0.1, 0.15) is 17.7 Å². The van der Waals surface area contributed by atoms with Crippen LogP contribution in [0.2, 0.25) is 0 Å². The van der Waals surface area contributed by atoms with Gasteiger partial charge in [0, 0.05) is 42.2 Å². The number of pyridine rings is 1. The summed E-state index contributed by atoms with van der Waals surface area (Å²) in [7, 11) is 0. The van der Waals surface area contributed by atoms with Crippen LogP contribution in [-0.4, -0.2) is 30.1 Å². The van der Waals surface area contributed by atoms with Crippen molar-refractivity contribution in [2.45, 2.75) is 6.42 Å². The van der Waals surface area contributed by atoms with Crippen LogP contribution in [0, 0.1) is 17.8 Å². The first kappa shape index (κ1) is 19.6. The number of fused-ring (bicyclic) bond motifs is 1. The lowest BCUT2D eigenvalue weighted by Crippen LogP contribution is -2.28. The zero-order valence-electron chi connectivity index (χ0n) is 17.1. The van der Waals surface area contributed by atoms with Crippen molar-refractivity contribution in [1.82, 2.24) is 4.98 Å². The maximum Gasteiger partial charge on any atom is 0.231 e. The van der Waals surface area contributed by atoms with Crippen molar-refractivity contribution in [1.29, 1.82) is 0 Å². The van der Waals surface area contributed by atoms with Gasteiger partial charge < -0.3 is 19.7 Å². The molecule has 32 heavy (non-hydrogen) atoms. The molecule has 2 amide bonds. The van der Waals surface area contributed by atoms with E-state index in [9.17, 15) is 9.59 Å². The SMILES string of the molecule is O=C(Nc1cccc(C#Cc2ccccn2)c1)[C@@H]1CC(=O)N(c2ccc3c(c2)OCO3)C1. The maximum absolute atomic E-state index is 12.8. The quantitative estimate of drug-likeness (QED) is 0.652. The van der Waals surface area contributed by atoms with E-state index in [1.165, 1.54) is 0 Å². The summed E-state index contributed by atoms with van der Waals surface area (Å²) in [5.74, 6) is 6.56. The third kappa shape index (κ3) is 4.12. The Labute approximate surface area is 185 Å². The number of anilines is 2. The Bertz CT molecular complexity index is 1250. The van der Waals surface area contributed by atoms with E-state index < -0.39 is 5.92 Å². The summed E-state index contributed by atoms with van der Waals surface area (Å²) < 4.78 is 10.7. The second kappa shape index (κ2) is 8.44. The smallest absolute Gasteiger partial charge is 0.231 e. The number of ether oxygens (including phenoxy) is 2. The van der Waals surface area contributed by atoms with E-state index in [2.05, 4.69) is 22.1 Å². The van der Waals surface area contributed by atoms with E-state index >= 15 is 0 Å². The third-order valence-electron chi connectivity index (χ3n) is 5.29. The van der Waals surface area contributed by atoms with Crippen LogP contribution in [-0.2, 0) is 9.59 Å². The zero-order chi connectivity index (χ0) is 21.9. The van der Waals surface area contributed by atoms with E-state index in [4.69, 9.17) is 9.47 Å². The minimum Gasteiger partial charge on any atom is -0.454 e. The van der Waals surface area contributed by atoms with Crippen molar-refractivity contribution in [2.75, 3.05) is 23.6 Å². The Morgan fingerprint density at radius 2 is 1.94 bits per heavy atom. The van der Waals surface area contributed by atoms with Crippen molar-refractivity contribution in [2.24, 2.45) is 5.92 Å². The van der Waals surface area contributed by atoms with Gasteiger partial charge >= 0.3 is 0 Å². The number of rotatable bonds is 3. The largest absolute Gasteiger partial charge is 0.454 e. The Hall–Kier alpha value is -4.31. The minimum absolute atomic E-state index is 0.0982. The van der Waals surface area contributed by atoms with Crippen molar-refractivity contribution in [3.63, 3.8) is 0 Å².